The van der Waals surface area contributed by atoms with Gasteiger partial charge in [-0.2, -0.15) is 0 Å². The van der Waals surface area contributed by atoms with Crippen LogP contribution >= 0.6 is 22.7 Å². The number of hydrogen-bond donors (Lipinski definition) is 3. The average molecular weight is 285 g/mol. The predicted molar refractivity (Wildman–Crippen MR) is 70.3 cm³/mol. The van der Waals surface area contributed by atoms with E-state index in [2.05, 4.69) is 5.32 Å². The van der Waals surface area contributed by atoms with Crippen molar-refractivity contribution in [3.8, 4) is 0 Å². The number of hydrogen-bond acceptors (Lipinski definition) is 5. The largest absolute Gasteiger partial charge is 0.480 e. The average Bonchev–Trinajstić information content (AvgIpc) is 2.84. The number of aliphatic carboxylic acids is 1. The molecule has 1 amide bonds. The summed E-state index contributed by atoms with van der Waals surface area (Å²) in [6, 6.07) is 2.34. The highest BCUT2D eigenvalue weighted by Gasteiger charge is 2.26. The number of aliphatic hydroxyl groups excluding tert-OH is 1. The molecule has 0 fully saturated rings. The van der Waals surface area contributed by atoms with Crippen LogP contribution in [0.15, 0.2) is 17.5 Å². The van der Waals surface area contributed by atoms with Crippen LogP contribution in [0.4, 0.5) is 0 Å². The Hall–Kier alpha value is -1.44. The van der Waals surface area contributed by atoms with Crippen LogP contribution in [0.1, 0.15) is 16.6 Å². The highest BCUT2D eigenvalue weighted by molar-refractivity contribution is 7.27. The van der Waals surface area contributed by atoms with Crippen LogP contribution < -0.4 is 5.32 Å². The normalized spacial score (nSPS) is 14.3. The molecule has 18 heavy (non-hydrogen) atoms. The second kappa shape index (κ2) is 5.05. The summed E-state index contributed by atoms with van der Waals surface area (Å²) in [6.45, 7) is 1.33. The molecule has 0 aliphatic heterocycles. The molecule has 0 bridgehead atoms. The lowest BCUT2D eigenvalue weighted by atomic mass is 10.2. The first-order chi connectivity index (χ1) is 8.49. The van der Waals surface area contributed by atoms with Crippen LogP contribution in [-0.4, -0.2) is 34.2 Å². The van der Waals surface area contributed by atoms with E-state index in [9.17, 15) is 14.7 Å². The van der Waals surface area contributed by atoms with Gasteiger partial charge in [-0.05, 0) is 24.4 Å². The van der Waals surface area contributed by atoms with Gasteiger partial charge < -0.3 is 15.5 Å². The van der Waals surface area contributed by atoms with Gasteiger partial charge in [-0.1, -0.05) is 0 Å². The summed E-state index contributed by atoms with van der Waals surface area (Å²) < 4.78 is 1.99. The van der Waals surface area contributed by atoms with Gasteiger partial charge in [-0.25, -0.2) is 4.79 Å². The van der Waals surface area contributed by atoms with Crippen molar-refractivity contribution >= 4 is 43.9 Å². The monoisotopic (exact) mass is 285 g/mol. The first-order valence-electron chi connectivity index (χ1n) is 5.18. The second-order valence-electron chi connectivity index (χ2n) is 3.79. The van der Waals surface area contributed by atoms with E-state index < -0.39 is 24.0 Å². The molecule has 96 valence electrons. The third kappa shape index (κ3) is 2.53. The van der Waals surface area contributed by atoms with Crippen LogP contribution in [-0.2, 0) is 4.79 Å². The van der Waals surface area contributed by atoms with Gasteiger partial charge in [0.15, 0.2) is 6.04 Å². The Balaban J connectivity index is 2.16. The maximum atomic E-state index is 11.9. The molecule has 0 spiro atoms. The van der Waals surface area contributed by atoms with E-state index in [0.717, 1.165) is 9.40 Å². The van der Waals surface area contributed by atoms with Gasteiger partial charge in [0, 0.05) is 9.40 Å². The number of carbonyl (C=O) groups is 2. The van der Waals surface area contributed by atoms with Crippen molar-refractivity contribution in [3.05, 3.63) is 22.4 Å². The topological polar surface area (TPSA) is 86.6 Å². The Morgan fingerprint density at radius 1 is 1.39 bits per heavy atom. The Morgan fingerprint density at radius 3 is 2.67 bits per heavy atom. The highest BCUT2D eigenvalue weighted by atomic mass is 32.1. The molecule has 0 aromatic carbocycles. The lowest BCUT2D eigenvalue weighted by Gasteiger charge is -2.16. The third-order valence-corrected chi connectivity index (χ3v) is 4.49. The molecule has 0 saturated carbocycles. The van der Waals surface area contributed by atoms with Crippen molar-refractivity contribution in [3.63, 3.8) is 0 Å². The summed E-state index contributed by atoms with van der Waals surface area (Å²) in [4.78, 5) is 23.2. The van der Waals surface area contributed by atoms with E-state index >= 15 is 0 Å². The molecule has 0 aliphatic carbocycles. The minimum atomic E-state index is -1.29. The maximum absolute atomic E-state index is 11.9. The van der Waals surface area contributed by atoms with E-state index in [1.54, 1.807) is 6.07 Å². The number of carboxylic acids is 1. The number of thiophene rings is 2. The third-order valence-electron chi connectivity index (χ3n) is 2.40. The predicted octanol–water partition coefficient (Wildman–Crippen LogP) is 1.53. The van der Waals surface area contributed by atoms with Gasteiger partial charge in [-0.15, -0.1) is 22.7 Å². The molecule has 0 saturated heterocycles. The second-order valence-corrected chi connectivity index (χ2v) is 5.82. The van der Waals surface area contributed by atoms with Crippen molar-refractivity contribution < 1.29 is 19.8 Å². The summed E-state index contributed by atoms with van der Waals surface area (Å²) >= 11 is 2.82. The van der Waals surface area contributed by atoms with Gasteiger partial charge in [-0.3, -0.25) is 4.79 Å². The van der Waals surface area contributed by atoms with Gasteiger partial charge in [0.2, 0.25) is 0 Å². The zero-order chi connectivity index (χ0) is 13.3. The fourth-order valence-corrected chi connectivity index (χ4v) is 3.49. The number of carbonyl (C=O) groups excluding carboxylic acids is 1. The van der Waals surface area contributed by atoms with Crippen molar-refractivity contribution in [1.82, 2.24) is 5.32 Å². The van der Waals surface area contributed by atoms with E-state index in [0.29, 0.717) is 4.88 Å². The molecule has 0 aliphatic rings. The summed E-state index contributed by atoms with van der Waals surface area (Å²) in [5.41, 5.74) is 0. The van der Waals surface area contributed by atoms with E-state index in [1.807, 2.05) is 11.4 Å². The molecule has 2 atom stereocenters. The van der Waals surface area contributed by atoms with Crippen molar-refractivity contribution in [1.29, 1.82) is 0 Å². The van der Waals surface area contributed by atoms with Crippen LogP contribution in [0.2, 0.25) is 0 Å². The zero-order valence-electron chi connectivity index (χ0n) is 9.41. The molecule has 5 nitrogen and oxygen atoms in total. The van der Waals surface area contributed by atoms with E-state index in [1.165, 1.54) is 29.6 Å². The summed E-state index contributed by atoms with van der Waals surface area (Å²) in [7, 11) is 0. The standard InChI is InChI=1S/C11H11NO4S2/c1-5(13)9(11(15)16)12-10(14)8-4-7-6(18-8)2-3-17-7/h2-5,9,13H,1H3,(H,12,14)(H,15,16)/t5-,9+/m1/s1. The maximum Gasteiger partial charge on any atom is 0.328 e. The lowest BCUT2D eigenvalue weighted by Crippen LogP contribution is -2.47. The summed E-state index contributed by atoms with van der Waals surface area (Å²) in [5.74, 6) is -1.73. The zero-order valence-corrected chi connectivity index (χ0v) is 11.0. The highest BCUT2D eigenvalue weighted by Crippen LogP contribution is 2.29. The Bertz CT molecular complexity index is 558. The Kier molecular flexibility index (Phi) is 3.65. The van der Waals surface area contributed by atoms with Crippen LogP contribution in [0, 0.1) is 0 Å². The molecular weight excluding hydrogens is 274 g/mol. The Morgan fingerprint density at radius 2 is 2.11 bits per heavy atom. The molecule has 0 unspecified atom stereocenters. The van der Waals surface area contributed by atoms with Crippen molar-refractivity contribution in [2.75, 3.05) is 0 Å². The van der Waals surface area contributed by atoms with Crippen molar-refractivity contribution in [2.45, 2.75) is 19.1 Å². The lowest BCUT2D eigenvalue weighted by molar-refractivity contribution is -0.141. The van der Waals surface area contributed by atoms with Crippen LogP contribution in [0.3, 0.4) is 0 Å². The number of nitrogens with one attached hydrogen (secondary N) is 1. The van der Waals surface area contributed by atoms with Crippen LogP contribution in [0.5, 0.6) is 0 Å². The van der Waals surface area contributed by atoms with Gasteiger partial charge in [0.25, 0.3) is 5.91 Å². The van der Waals surface area contributed by atoms with Crippen molar-refractivity contribution in [2.24, 2.45) is 0 Å². The first kappa shape index (κ1) is 13.0. The fourth-order valence-electron chi connectivity index (χ4n) is 1.48. The molecular formula is C11H11NO4S2. The van der Waals surface area contributed by atoms with E-state index in [4.69, 9.17) is 5.11 Å². The quantitative estimate of drug-likeness (QED) is 0.795. The fraction of sp³-hybridized carbons (Fsp3) is 0.273. The molecule has 3 N–H and O–H groups in total. The molecule has 2 aromatic heterocycles. The number of aliphatic hydroxyl groups is 1. The van der Waals surface area contributed by atoms with E-state index in [-0.39, 0.29) is 0 Å². The SMILES string of the molecule is C[C@@H](O)[C@H](NC(=O)c1cc2sccc2s1)C(=O)O. The number of fused-ring (bicyclic) bond motifs is 1. The number of carboxylic acid groups (broad SMARTS) is 1. The Labute approximate surface area is 111 Å². The number of rotatable bonds is 4. The summed E-state index contributed by atoms with van der Waals surface area (Å²) in [6.07, 6.45) is -1.15. The molecule has 7 heteroatoms. The smallest absolute Gasteiger partial charge is 0.328 e. The summed E-state index contributed by atoms with van der Waals surface area (Å²) in [5, 5.41) is 22.4. The number of amides is 1. The molecule has 2 rings (SSSR count). The van der Waals surface area contributed by atoms with Gasteiger partial charge >= 0.3 is 5.97 Å². The van der Waals surface area contributed by atoms with Gasteiger partial charge in [0.05, 0.1) is 11.0 Å². The molecule has 0 radical (unpaired) electrons. The minimum absolute atomic E-state index is 0.448. The minimum Gasteiger partial charge on any atom is -0.480 e. The van der Waals surface area contributed by atoms with Gasteiger partial charge in [0.1, 0.15) is 0 Å². The van der Waals surface area contributed by atoms with Crippen LogP contribution in [0.25, 0.3) is 9.40 Å². The first-order valence-corrected chi connectivity index (χ1v) is 6.87. The molecule has 2 aromatic rings. The molecule has 2 heterocycles.